The fraction of sp³-hybridized carbons (Fsp3) is 0.231. The minimum Gasteiger partial charge on any atom is -0.351 e. The molecule has 0 fully saturated rings. The minimum absolute atomic E-state index is 0.166. The molecule has 1 heterocycles. The van der Waals surface area contributed by atoms with Crippen LogP contribution in [0.25, 0.3) is 0 Å². The molecule has 0 aliphatic heterocycles. The second-order valence-electron chi connectivity index (χ2n) is 4.08. The van der Waals surface area contributed by atoms with Gasteiger partial charge in [0.1, 0.15) is 17.5 Å². The number of imidazole rings is 1. The van der Waals surface area contributed by atoms with Crippen molar-refractivity contribution >= 4 is 5.91 Å². The zero-order valence-corrected chi connectivity index (χ0v) is 10.4. The van der Waals surface area contributed by atoms with Crippen molar-refractivity contribution in [3.63, 3.8) is 0 Å². The molecule has 1 aromatic carbocycles. The lowest BCUT2D eigenvalue weighted by molar-refractivity contribution is 0.0950. The number of hydrogen-bond donors (Lipinski definition) is 1. The third kappa shape index (κ3) is 3.15. The molecule has 0 saturated heterocycles. The van der Waals surface area contributed by atoms with Gasteiger partial charge in [0.25, 0.3) is 5.91 Å². The number of hydrogen-bond acceptors (Lipinski definition) is 2. The van der Waals surface area contributed by atoms with Crippen LogP contribution in [0.3, 0.4) is 0 Å². The van der Waals surface area contributed by atoms with E-state index in [9.17, 15) is 13.6 Å². The van der Waals surface area contributed by atoms with Crippen LogP contribution in [-0.4, -0.2) is 22.0 Å². The molecule has 0 saturated carbocycles. The van der Waals surface area contributed by atoms with Crippen molar-refractivity contribution < 1.29 is 13.6 Å². The fourth-order valence-corrected chi connectivity index (χ4v) is 1.69. The predicted octanol–water partition coefficient (Wildman–Crippen LogP) is 1.67. The van der Waals surface area contributed by atoms with Gasteiger partial charge in [0.2, 0.25) is 0 Å². The first-order valence-corrected chi connectivity index (χ1v) is 5.77. The number of aromatic nitrogens is 2. The van der Waals surface area contributed by atoms with Crippen LogP contribution < -0.4 is 5.32 Å². The van der Waals surface area contributed by atoms with Crippen LogP contribution in [0.1, 0.15) is 16.2 Å². The Balaban J connectivity index is 1.93. The molecule has 6 heteroatoms. The van der Waals surface area contributed by atoms with Gasteiger partial charge in [-0.15, -0.1) is 0 Å². The lowest BCUT2D eigenvalue weighted by Gasteiger charge is -2.06. The van der Waals surface area contributed by atoms with Gasteiger partial charge in [-0.1, -0.05) is 0 Å². The third-order valence-corrected chi connectivity index (χ3v) is 2.73. The second-order valence-corrected chi connectivity index (χ2v) is 4.08. The summed E-state index contributed by atoms with van der Waals surface area (Å²) in [7, 11) is 1.85. The maximum Gasteiger partial charge on any atom is 0.254 e. The van der Waals surface area contributed by atoms with Crippen LogP contribution in [0.4, 0.5) is 8.78 Å². The molecule has 0 bridgehead atoms. The van der Waals surface area contributed by atoms with E-state index < -0.39 is 17.5 Å². The summed E-state index contributed by atoms with van der Waals surface area (Å²) in [6.45, 7) is 0.334. The van der Waals surface area contributed by atoms with E-state index >= 15 is 0 Å². The molecule has 2 aromatic rings. The number of carbonyl (C=O) groups is 1. The maximum atomic E-state index is 13.3. The summed E-state index contributed by atoms with van der Waals surface area (Å²) in [5, 5.41) is 2.57. The molecule has 2 rings (SSSR count). The highest BCUT2D eigenvalue weighted by Gasteiger charge is 2.12. The van der Waals surface area contributed by atoms with E-state index in [-0.39, 0.29) is 5.56 Å². The SMILES string of the molecule is Cn1ccnc1CCNC(=O)c1ccc(F)cc1F. The van der Waals surface area contributed by atoms with Crippen molar-refractivity contribution in [2.45, 2.75) is 6.42 Å². The Morgan fingerprint density at radius 3 is 2.84 bits per heavy atom. The number of rotatable bonds is 4. The fourth-order valence-electron chi connectivity index (χ4n) is 1.69. The summed E-state index contributed by atoms with van der Waals surface area (Å²) in [5.74, 6) is -1.32. The number of carbonyl (C=O) groups excluding carboxylic acids is 1. The summed E-state index contributed by atoms with van der Waals surface area (Å²) in [6, 6.07) is 2.87. The van der Waals surface area contributed by atoms with Crippen molar-refractivity contribution in [3.8, 4) is 0 Å². The quantitative estimate of drug-likeness (QED) is 0.914. The number of halogens is 2. The van der Waals surface area contributed by atoms with E-state index in [1.54, 1.807) is 12.4 Å². The summed E-state index contributed by atoms with van der Waals surface area (Å²) in [6.07, 6.45) is 4.01. The van der Waals surface area contributed by atoms with Gasteiger partial charge in [-0.3, -0.25) is 4.79 Å². The molecule has 1 amide bonds. The van der Waals surface area contributed by atoms with Crippen LogP contribution in [0.5, 0.6) is 0 Å². The topological polar surface area (TPSA) is 46.9 Å². The highest BCUT2D eigenvalue weighted by atomic mass is 19.1. The number of amides is 1. The van der Waals surface area contributed by atoms with E-state index in [1.165, 1.54) is 0 Å². The molecule has 100 valence electrons. The second kappa shape index (κ2) is 5.60. The number of benzene rings is 1. The number of nitrogens with zero attached hydrogens (tertiary/aromatic N) is 2. The van der Waals surface area contributed by atoms with Gasteiger partial charge in [-0.05, 0) is 12.1 Å². The van der Waals surface area contributed by atoms with E-state index in [4.69, 9.17) is 0 Å². The summed E-state index contributed by atoms with van der Waals surface area (Å²) in [4.78, 5) is 15.8. The van der Waals surface area contributed by atoms with Gasteiger partial charge in [-0.25, -0.2) is 13.8 Å². The smallest absolute Gasteiger partial charge is 0.254 e. The van der Waals surface area contributed by atoms with Crippen LogP contribution in [0.15, 0.2) is 30.6 Å². The van der Waals surface area contributed by atoms with Gasteiger partial charge >= 0.3 is 0 Å². The largest absolute Gasteiger partial charge is 0.351 e. The lowest BCUT2D eigenvalue weighted by Crippen LogP contribution is -2.27. The van der Waals surface area contributed by atoms with Crippen molar-refractivity contribution in [1.82, 2.24) is 14.9 Å². The minimum atomic E-state index is -0.866. The monoisotopic (exact) mass is 265 g/mol. The Kier molecular flexibility index (Phi) is 3.89. The Morgan fingerprint density at radius 1 is 1.42 bits per heavy atom. The maximum absolute atomic E-state index is 13.3. The third-order valence-electron chi connectivity index (χ3n) is 2.73. The average molecular weight is 265 g/mol. The molecule has 0 radical (unpaired) electrons. The van der Waals surface area contributed by atoms with Crippen LogP contribution in [0.2, 0.25) is 0 Å². The van der Waals surface area contributed by atoms with Crippen molar-refractivity contribution in [2.75, 3.05) is 6.54 Å². The van der Waals surface area contributed by atoms with Crippen molar-refractivity contribution in [1.29, 1.82) is 0 Å². The molecule has 0 aliphatic carbocycles. The Hall–Kier alpha value is -2.24. The summed E-state index contributed by atoms with van der Waals surface area (Å²) >= 11 is 0. The molecule has 1 N–H and O–H groups in total. The van der Waals surface area contributed by atoms with Crippen molar-refractivity contribution in [2.24, 2.45) is 7.05 Å². The number of nitrogens with one attached hydrogen (secondary N) is 1. The molecular formula is C13H13F2N3O. The Labute approximate surface area is 109 Å². The molecule has 4 nitrogen and oxygen atoms in total. The van der Waals surface area contributed by atoms with Gasteiger partial charge in [0, 0.05) is 38.5 Å². The first-order valence-electron chi connectivity index (χ1n) is 5.77. The lowest BCUT2D eigenvalue weighted by atomic mass is 10.2. The first-order chi connectivity index (χ1) is 9.08. The first kappa shape index (κ1) is 13.2. The van der Waals surface area contributed by atoms with Gasteiger partial charge in [0.15, 0.2) is 0 Å². The van der Waals surface area contributed by atoms with Gasteiger partial charge in [-0.2, -0.15) is 0 Å². The zero-order chi connectivity index (χ0) is 13.8. The zero-order valence-electron chi connectivity index (χ0n) is 10.4. The normalized spacial score (nSPS) is 10.5. The molecule has 0 aliphatic rings. The highest BCUT2D eigenvalue weighted by molar-refractivity contribution is 5.94. The Bertz CT molecular complexity index is 595. The van der Waals surface area contributed by atoms with Crippen LogP contribution in [0, 0.1) is 11.6 Å². The molecule has 1 aromatic heterocycles. The summed E-state index contributed by atoms with van der Waals surface area (Å²) in [5.41, 5.74) is -0.166. The molecule has 0 atom stereocenters. The molecule has 0 unspecified atom stereocenters. The van der Waals surface area contributed by atoms with E-state index in [0.29, 0.717) is 19.0 Å². The van der Waals surface area contributed by atoms with E-state index in [1.807, 2.05) is 11.6 Å². The molecule has 0 spiro atoms. The van der Waals surface area contributed by atoms with Gasteiger partial charge < -0.3 is 9.88 Å². The van der Waals surface area contributed by atoms with E-state index in [0.717, 1.165) is 18.0 Å². The van der Waals surface area contributed by atoms with Gasteiger partial charge in [0.05, 0.1) is 5.56 Å². The van der Waals surface area contributed by atoms with Crippen LogP contribution >= 0.6 is 0 Å². The average Bonchev–Trinajstić information content (AvgIpc) is 2.75. The standard InChI is InChI=1S/C13H13F2N3O/c1-18-7-6-16-12(18)4-5-17-13(19)10-3-2-9(14)8-11(10)15/h2-3,6-8H,4-5H2,1H3,(H,17,19). The number of aryl methyl sites for hydroxylation is 1. The summed E-state index contributed by atoms with van der Waals surface area (Å²) < 4.78 is 27.9. The highest BCUT2D eigenvalue weighted by Crippen LogP contribution is 2.09. The predicted molar refractivity (Wildman–Crippen MR) is 65.6 cm³/mol. The molecular weight excluding hydrogens is 252 g/mol. The Morgan fingerprint density at radius 2 is 2.21 bits per heavy atom. The molecule has 19 heavy (non-hydrogen) atoms. The van der Waals surface area contributed by atoms with E-state index in [2.05, 4.69) is 10.3 Å². The van der Waals surface area contributed by atoms with Crippen molar-refractivity contribution in [3.05, 3.63) is 53.6 Å². The van der Waals surface area contributed by atoms with Crippen LogP contribution in [-0.2, 0) is 13.5 Å².